The minimum Gasteiger partial charge on any atom is -0.370 e. The van der Waals surface area contributed by atoms with Gasteiger partial charge in [0.15, 0.2) is 0 Å². The first kappa shape index (κ1) is 14.7. The van der Waals surface area contributed by atoms with Crippen LogP contribution in [0.3, 0.4) is 0 Å². The number of anilines is 4. The lowest BCUT2D eigenvalue weighted by Gasteiger charge is -2.10. The normalized spacial score (nSPS) is 10.3. The molecule has 0 aliphatic rings. The van der Waals surface area contributed by atoms with Crippen molar-refractivity contribution < 1.29 is 0 Å². The number of benzene rings is 1. The van der Waals surface area contributed by atoms with Gasteiger partial charge in [0.05, 0.1) is 0 Å². The van der Waals surface area contributed by atoms with Gasteiger partial charge in [-0.3, -0.25) is 0 Å². The fourth-order valence-corrected chi connectivity index (χ4v) is 2.17. The molecule has 4 N–H and O–H groups in total. The third-order valence-corrected chi connectivity index (χ3v) is 2.87. The minimum absolute atomic E-state index is 0.196. The summed E-state index contributed by atoms with van der Waals surface area (Å²) < 4.78 is 0. The third-order valence-electron chi connectivity index (χ3n) is 2.43. The highest BCUT2D eigenvalue weighted by molar-refractivity contribution is 6.35. The minimum atomic E-state index is 0.196. The van der Waals surface area contributed by atoms with E-state index in [2.05, 4.69) is 27.5 Å². The van der Waals surface area contributed by atoms with Crippen LogP contribution in [0.15, 0.2) is 24.3 Å². The predicted molar refractivity (Wildman–Crippen MR) is 85.0 cm³/mol. The zero-order chi connectivity index (χ0) is 14.5. The summed E-state index contributed by atoms with van der Waals surface area (Å²) in [6.45, 7) is 2.89. The van der Waals surface area contributed by atoms with Crippen molar-refractivity contribution in [2.24, 2.45) is 0 Å². The Kier molecular flexibility index (Phi) is 4.87. The van der Waals surface area contributed by atoms with Crippen LogP contribution in [0.25, 0.3) is 0 Å². The van der Waals surface area contributed by atoms with E-state index in [1.165, 1.54) is 0 Å². The number of nitrogens with zero attached hydrogens (tertiary/aromatic N) is 2. The highest BCUT2D eigenvalue weighted by Gasteiger charge is 2.04. The zero-order valence-electron chi connectivity index (χ0n) is 11.0. The van der Waals surface area contributed by atoms with Crippen molar-refractivity contribution in [2.75, 3.05) is 22.9 Å². The summed E-state index contributed by atoms with van der Waals surface area (Å²) in [6, 6.07) is 6.95. The van der Waals surface area contributed by atoms with Gasteiger partial charge >= 0.3 is 0 Å². The van der Waals surface area contributed by atoms with Gasteiger partial charge in [0.25, 0.3) is 0 Å². The third kappa shape index (κ3) is 4.15. The summed E-state index contributed by atoms with van der Waals surface area (Å²) in [5, 5.41) is 7.36. The molecule has 2 rings (SSSR count). The van der Waals surface area contributed by atoms with Gasteiger partial charge in [-0.1, -0.05) is 30.1 Å². The van der Waals surface area contributed by atoms with Gasteiger partial charge in [-0.05, 0) is 24.6 Å². The topological polar surface area (TPSA) is 75.9 Å². The van der Waals surface area contributed by atoms with Crippen LogP contribution in [0, 0.1) is 0 Å². The molecule has 0 bridgehead atoms. The Morgan fingerprint density at radius 3 is 2.35 bits per heavy atom. The van der Waals surface area contributed by atoms with E-state index in [-0.39, 0.29) is 5.95 Å². The van der Waals surface area contributed by atoms with Crippen molar-refractivity contribution in [3.8, 4) is 0 Å². The Bertz CT molecular complexity index is 583. The van der Waals surface area contributed by atoms with Crippen LogP contribution in [0.1, 0.15) is 13.3 Å². The average molecular weight is 312 g/mol. The van der Waals surface area contributed by atoms with E-state index in [0.29, 0.717) is 21.7 Å². The Hall–Kier alpha value is -1.72. The maximum Gasteiger partial charge on any atom is 0.223 e. The van der Waals surface area contributed by atoms with Crippen molar-refractivity contribution in [1.29, 1.82) is 0 Å². The van der Waals surface area contributed by atoms with E-state index >= 15 is 0 Å². The van der Waals surface area contributed by atoms with E-state index in [0.717, 1.165) is 18.7 Å². The Labute approximate surface area is 127 Å². The molecule has 0 saturated carbocycles. The molecular formula is C13H15Cl2N5. The highest BCUT2D eigenvalue weighted by Crippen LogP contribution is 2.25. The van der Waals surface area contributed by atoms with Gasteiger partial charge in [0, 0.05) is 28.3 Å². The number of rotatable bonds is 5. The molecule has 0 amide bonds. The van der Waals surface area contributed by atoms with Gasteiger partial charge in [-0.15, -0.1) is 0 Å². The Balaban J connectivity index is 2.21. The van der Waals surface area contributed by atoms with Crippen LogP contribution >= 0.6 is 23.2 Å². The summed E-state index contributed by atoms with van der Waals surface area (Å²) in [5.74, 6) is 1.45. The Morgan fingerprint density at radius 2 is 1.70 bits per heavy atom. The second-order valence-electron chi connectivity index (χ2n) is 4.21. The van der Waals surface area contributed by atoms with E-state index < -0.39 is 0 Å². The number of nitrogens with two attached hydrogens (primary N) is 1. The average Bonchev–Trinajstić information content (AvgIpc) is 2.34. The van der Waals surface area contributed by atoms with Crippen LogP contribution in [0.4, 0.5) is 23.3 Å². The summed E-state index contributed by atoms with van der Waals surface area (Å²) in [4.78, 5) is 8.24. The number of nitrogen functional groups attached to an aromatic ring is 1. The lowest BCUT2D eigenvalue weighted by molar-refractivity contribution is 0.967. The smallest absolute Gasteiger partial charge is 0.223 e. The molecule has 106 valence electrons. The van der Waals surface area contributed by atoms with E-state index in [9.17, 15) is 0 Å². The van der Waals surface area contributed by atoms with Crippen LogP contribution < -0.4 is 16.4 Å². The molecule has 1 aromatic carbocycles. The molecule has 0 saturated heterocycles. The summed E-state index contributed by atoms with van der Waals surface area (Å²) in [6.07, 6.45) is 0.997. The van der Waals surface area contributed by atoms with Gasteiger partial charge < -0.3 is 16.4 Å². The first-order valence-electron chi connectivity index (χ1n) is 6.18. The van der Waals surface area contributed by atoms with Gasteiger partial charge in [0.2, 0.25) is 5.95 Å². The van der Waals surface area contributed by atoms with Crippen molar-refractivity contribution in [2.45, 2.75) is 13.3 Å². The largest absolute Gasteiger partial charge is 0.370 e. The first-order valence-corrected chi connectivity index (χ1v) is 6.94. The number of halogens is 2. The monoisotopic (exact) mass is 311 g/mol. The fourth-order valence-electron chi connectivity index (χ4n) is 1.65. The van der Waals surface area contributed by atoms with Crippen molar-refractivity contribution in [1.82, 2.24) is 9.97 Å². The van der Waals surface area contributed by atoms with Crippen molar-refractivity contribution in [3.05, 3.63) is 34.3 Å². The molecule has 2 aromatic rings. The molecule has 0 unspecified atom stereocenters. The molecule has 0 aliphatic heterocycles. The number of hydrogen-bond acceptors (Lipinski definition) is 5. The molecule has 0 spiro atoms. The Morgan fingerprint density at radius 1 is 1.05 bits per heavy atom. The molecule has 0 radical (unpaired) electrons. The zero-order valence-corrected chi connectivity index (χ0v) is 12.5. The molecule has 1 heterocycles. The van der Waals surface area contributed by atoms with Gasteiger partial charge in [-0.2, -0.15) is 9.97 Å². The van der Waals surface area contributed by atoms with Crippen LogP contribution in [-0.4, -0.2) is 16.5 Å². The summed E-state index contributed by atoms with van der Waals surface area (Å²) >= 11 is 11.9. The lowest BCUT2D eigenvalue weighted by Crippen LogP contribution is -2.06. The standard InChI is InChI=1S/C13H15Cl2N5/c1-2-3-17-11-7-12(20-13(16)19-11)18-10-5-8(14)4-9(15)6-10/h4-7H,2-3H2,1H3,(H4,16,17,18,19,20). The molecular weight excluding hydrogens is 297 g/mol. The first-order chi connectivity index (χ1) is 9.56. The van der Waals surface area contributed by atoms with Crippen LogP contribution in [0.2, 0.25) is 10.0 Å². The molecule has 1 aromatic heterocycles. The molecule has 0 fully saturated rings. The van der Waals surface area contributed by atoms with Gasteiger partial charge in [0.1, 0.15) is 11.6 Å². The quantitative estimate of drug-likeness (QED) is 0.780. The highest BCUT2D eigenvalue weighted by atomic mass is 35.5. The fraction of sp³-hybridized carbons (Fsp3) is 0.231. The predicted octanol–water partition coefficient (Wildman–Crippen LogP) is 3.93. The summed E-state index contributed by atoms with van der Waals surface area (Å²) in [5.41, 5.74) is 6.43. The SMILES string of the molecule is CCCNc1cc(Nc2cc(Cl)cc(Cl)c2)nc(N)n1. The van der Waals surface area contributed by atoms with Crippen LogP contribution in [-0.2, 0) is 0 Å². The molecule has 7 heteroatoms. The molecule has 20 heavy (non-hydrogen) atoms. The van der Waals surface area contributed by atoms with Gasteiger partial charge in [-0.25, -0.2) is 0 Å². The second kappa shape index (κ2) is 6.63. The van der Waals surface area contributed by atoms with E-state index in [1.54, 1.807) is 24.3 Å². The summed E-state index contributed by atoms with van der Waals surface area (Å²) in [7, 11) is 0. The maximum atomic E-state index is 5.95. The van der Waals surface area contributed by atoms with E-state index in [1.807, 2.05) is 0 Å². The number of hydrogen-bond donors (Lipinski definition) is 3. The molecule has 5 nitrogen and oxygen atoms in total. The van der Waals surface area contributed by atoms with Crippen molar-refractivity contribution in [3.63, 3.8) is 0 Å². The molecule has 0 atom stereocenters. The van der Waals surface area contributed by atoms with Crippen molar-refractivity contribution >= 4 is 46.5 Å². The second-order valence-corrected chi connectivity index (χ2v) is 5.08. The lowest BCUT2D eigenvalue weighted by atomic mass is 10.3. The number of aromatic nitrogens is 2. The molecule has 0 aliphatic carbocycles. The number of nitrogens with one attached hydrogen (secondary N) is 2. The maximum absolute atomic E-state index is 5.95. The van der Waals surface area contributed by atoms with E-state index in [4.69, 9.17) is 28.9 Å². The van der Waals surface area contributed by atoms with Crippen LogP contribution in [0.5, 0.6) is 0 Å².